The first-order valence-electron chi connectivity index (χ1n) is 5.37. The molecule has 0 aliphatic carbocycles. The SMILES string of the molecule is C=CC(O)(CCC)OC(O)(C=C)CCC. The molecule has 0 aliphatic rings. The molecular formula is C12H22O3. The Balaban J connectivity index is 4.61. The molecule has 0 spiro atoms. The summed E-state index contributed by atoms with van der Waals surface area (Å²) in [6.45, 7) is 10.9. The maximum atomic E-state index is 9.97. The standard InChI is InChI=1S/C12H22O3/c1-5-9-11(13,7-3)15-12(14,8-4)10-6-2/h7-8,13-14H,3-6,9-10H2,1-2H3. The third-order valence-corrected chi connectivity index (χ3v) is 2.21. The van der Waals surface area contributed by atoms with E-state index in [2.05, 4.69) is 13.2 Å². The fraction of sp³-hybridized carbons (Fsp3) is 0.667. The second-order valence-electron chi connectivity index (χ2n) is 3.70. The van der Waals surface area contributed by atoms with Crippen molar-refractivity contribution in [3.8, 4) is 0 Å². The highest BCUT2D eigenvalue weighted by Crippen LogP contribution is 2.26. The van der Waals surface area contributed by atoms with Gasteiger partial charge >= 0.3 is 0 Å². The lowest BCUT2D eigenvalue weighted by molar-refractivity contribution is -0.296. The molecule has 15 heavy (non-hydrogen) atoms. The van der Waals surface area contributed by atoms with E-state index in [1.807, 2.05) is 13.8 Å². The Morgan fingerprint density at radius 3 is 1.53 bits per heavy atom. The van der Waals surface area contributed by atoms with Crippen molar-refractivity contribution < 1.29 is 14.9 Å². The average molecular weight is 214 g/mol. The van der Waals surface area contributed by atoms with Crippen LogP contribution >= 0.6 is 0 Å². The van der Waals surface area contributed by atoms with E-state index < -0.39 is 11.6 Å². The fourth-order valence-electron chi connectivity index (χ4n) is 1.41. The second-order valence-corrected chi connectivity index (χ2v) is 3.70. The third kappa shape index (κ3) is 4.60. The summed E-state index contributed by atoms with van der Waals surface area (Å²) in [6, 6.07) is 0. The summed E-state index contributed by atoms with van der Waals surface area (Å²) in [5.74, 6) is -2.96. The summed E-state index contributed by atoms with van der Waals surface area (Å²) in [5.41, 5.74) is 0. The molecule has 0 saturated heterocycles. The first kappa shape index (κ1) is 14.4. The van der Waals surface area contributed by atoms with E-state index in [0.29, 0.717) is 12.8 Å². The van der Waals surface area contributed by atoms with Gasteiger partial charge in [-0.1, -0.05) is 39.8 Å². The topological polar surface area (TPSA) is 49.7 Å². The van der Waals surface area contributed by atoms with Gasteiger partial charge in [-0.3, -0.25) is 0 Å². The molecule has 88 valence electrons. The summed E-state index contributed by atoms with van der Waals surface area (Å²) >= 11 is 0. The van der Waals surface area contributed by atoms with Crippen LogP contribution in [0.4, 0.5) is 0 Å². The van der Waals surface area contributed by atoms with Crippen LogP contribution in [0.2, 0.25) is 0 Å². The van der Waals surface area contributed by atoms with Gasteiger partial charge in [0, 0.05) is 12.8 Å². The molecule has 0 aliphatic heterocycles. The summed E-state index contributed by atoms with van der Waals surface area (Å²) < 4.78 is 5.28. The van der Waals surface area contributed by atoms with E-state index in [1.165, 1.54) is 12.2 Å². The first-order chi connectivity index (χ1) is 6.95. The average Bonchev–Trinajstić information content (AvgIpc) is 2.18. The van der Waals surface area contributed by atoms with Gasteiger partial charge in [0.05, 0.1) is 0 Å². The molecular weight excluding hydrogens is 192 g/mol. The Bertz CT molecular complexity index is 193. The highest BCUT2D eigenvalue weighted by molar-refractivity contribution is 4.95. The molecule has 0 aromatic heterocycles. The summed E-state index contributed by atoms with van der Waals surface area (Å²) in [7, 11) is 0. The highest BCUT2D eigenvalue weighted by Gasteiger charge is 2.34. The van der Waals surface area contributed by atoms with Gasteiger partial charge in [-0.25, -0.2) is 0 Å². The second kappa shape index (κ2) is 6.05. The van der Waals surface area contributed by atoms with E-state index in [0.717, 1.165) is 12.8 Å². The van der Waals surface area contributed by atoms with Gasteiger partial charge in [0.25, 0.3) is 0 Å². The van der Waals surface area contributed by atoms with Crippen molar-refractivity contribution in [3.63, 3.8) is 0 Å². The van der Waals surface area contributed by atoms with Crippen molar-refractivity contribution in [2.45, 2.75) is 51.1 Å². The monoisotopic (exact) mass is 214 g/mol. The predicted octanol–water partition coefficient (Wildman–Crippen LogP) is 2.35. The zero-order valence-corrected chi connectivity index (χ0v) is 9.70. The minimum atomic E-state index is -1.48. The molecule has 2 N–H and O–H groups in total. The van der Waals surface area contributed by atoms with Crippen LogP contribution in [-0.4, -0.2) is 21.8 Å². The van der Waals surface area contributed by atoms with Crippen molar-refractivity contribution in [3.05, 3.63) is 25.3 Å². The molecule has 0 bridgehead atoms. The number of aliphatic hydroxyl groups is 2. The van der Waals surface area contributed by atoms with Crippen molar-refractivity contribution in [1.29, 1.82) is 0 Å². The predicted molar refractivity (Wildman–Crippen MR) is 61.2 cm³/mol. The summed E-state index contributed by atoms with van der Waals surface area (Å²) in [6.07, 6.45) is 4.89. The van der Waals surface area contributed by atoms with Gasteiger partial charge in [0.1, 0.15) is 0 Å². The van der Waals surface area contributed by atoms with E-state index >= 15 is 0 Å². The van der Waals surface area contributed by atoms with E-state index in [9.17, 15) is 10.2 Å². The van der Waals surface area contributed by atoms with Gasteiger partial charge < -0.3 is 14.9 Å². The zero-order valence-electron chi connectivity index (χ0n) is 9.70. The molecule has 0 aromatic rings. The number of hydrogen-bond donors (Lipinski definition) is 2. The van der Waals surface area contributed by atoms with Crippen LogP contribution in [0.5, 0.6) is 0 Å². The van der Waals surface area contributed by atoms with Crippen molar-refractivity contribution in [2.24, 2.45) is 0 Å². The van der Waals surface area contributed by atoms with E-state index in [-0.39, 0.29) is 0 Å². The molecule has 0 amide bonds. The van der Waals surface area contributed by atoms with Gasteiger partial charge in [0.15, 0.2) is 11.6 Å². The third-order valence-electron chi connectivity index (χ3n) is 2.21. The van der Waals surface area contributed by atoms with Crippen LogP contribution in [0.3, 0.4) is 0 Å². The van der Waals surface area contributed by atoms with Gasteiger partial charge in [-0.15, -0.1) is 0 Å². The molecule has 3 heteroatoms. The molecule has 2 atom stereocenters. The van der Waals surface area contributed by atoms with Crippen molar-refractivity contribution in [1.82, 2.24) is 0 Å². The molecule has 0 rings (SSSR count). The lowest BCUT2D eigenvalue weighted by Crippen LogP contribution is -2.42. The Morgan fingerprint density at radius 1 is 1.00 bits per heavy atom. The summed E-state index contributed by atoms with van der Waals surface area (Å²) in [5, 5.41) is 19.9. The smallest absolute Gasteiger partial charge is 0.188 e. The van der Waals surface area contributed by atoms with Crippen LogP contribution in [0.1, 0.15) is 39.5 Å². The van der Waals surface area contributed by atoms with E-state index in [1.54, 1.807) is 0 Å². The first-order valence-corrected chi connectivity index (χ1v) is 5.37. The van der Waals surface area contributed by atoms with Crippen molar-refractivity contribution >= 4 is 0 Å². The minimum absolute atomic E-state index is 0.399. The molecule has 0 heterocycles. The Morgan fingerprint density at radius 2 is 1.33 bits per heavy atom. The molecule has 0 saturated carbocycles. The van der Waals surface area contributed by atoms with Gasteiger partial charge in [-0.05, 0) is 12.2 Å². The quantitative estimate of drug-likeness (QED) is 0.481. The largest absolute Gasteiger partial charge is 0.362 e. The van der Waals surface area contributed by atoms with Crippen molar-refractivity contribution in [2.75, 3.05) is 0 Å². The summed E-state index contributed by atoms with van der Waals surface area (Å²) in [4.78, 5) is 0. The maximum absolute atomic E-state index is 9.97. The zero-order chi connectivity index (χ0) is 11.9. The van der Waals surface area contributed by atoms with Crippen LogP contribution in [0, 0.1) is 0 Å². The number of hydrogen-bond acceptors (Lipinski definition) is 3. The molecule has 2 unspecified atom stereocenters. The highest BCUT2D eigenvalue weighted by atomic mass is 16.7. The van der Waals surface area contributed by atoms with Crippen LogP contribution in [-0.2, 0) is 4.74 Å². The molecule has 0 radical (unpaired) electrons. The fourth-order valence-corrected chi connectivity index (χ4v) is 1.41. The van der Waals surface area contributed by atoms with E-state index in [4.69, 9.17) is 4.74 Å². The van der Waals surface area contributed by atoms with Crippen LogP contribution < -0.4 is 0 Å². The lowest BCUT2D eigenvalue weighted by atomic mass is 10.1. The lowest BCUT2D eigenvalue weighted by Gasteiger charge is -2.34. The number of rotatable bonds is 8. The minimum Gasteiger partial charge on any atom is -0.362 e. The Kier molecular flexibility index (Phi) is 5.80. The van der Waals surface area contributed by atoms with Gasteiger partial charge in [-0.2, -0.15) is 0 Å². The van der Waals surface area contributed by atoms with Gasteiger partial charge in [0.2, 0.25) is 0 Å². The normalized spacial score (nSPS) is 18.9. The number of ether oxygens (including phenoxy) is 1. The Hall–Kier alpha value is -0.640. The van der Waals surface area contributed by atoms with Crippen LogP contribution in [0.25, 0.3) is 0 Å². The molecule has 0 aromatic carbocycles. The molecule has 0 fully saturated rings. The maximum Gasteiger partial charge on any atom is 0.188 e. The Labute approximate surface area is 92.1 Å². The van der Waals surface area contributed by atoms with Crippen LogP contribution in [0.15, 0.2) is 25.3 Å². The molecule has 3 nitrogen and oxygen atoms in total.